The van der Waals surface area contributed by atoms with Crippen molar-refractivity contribution in [1.29, 1.82) is 0 Å². The van der Waals surface area contributed by atoms with E-state index in [1.165, 1.54) is 0 Å². The van der Waals surface area contributed by atoms with Crippen LogP contribution in [0.3, 0.4) is 0 Å². The summed E-state index contributed by atoms with van der Waals surface area (Å²) in [4.78, 5) is -0.533. The van der Waals surface area contributed by atoms with Crippen molar-refractivity contribution >= 4 is 9.84 Å². The van der Waals surface area contributed by atoms with Gasteiger partial charge >= 0.3 is 0 Å². The van der Waals surface area contributed by atoms with E-state index in [2.05, 4.69) is 5.32 Å². The van der Waals surface area contributed by atoms with E-state index in [0.29, 0.717) is 6.42 Å². The summed E-state index contributed by atoms with van der Waals surface area (Å²) >= 11 is 0. The maximum atomic E-state index is 13.6. The summed E-state index contributed by atoms with van der Waals surface area (Å²) in [6.07, 6.45) is 1.98. The van der Waals surface area contributed by atoms with E-state index < -0.39 is 31.6 Å². The van der Waals surface area contributed by atoms with Crippen LogP contribution < -0.4 is 5.32 Å². The van der Waals surface area contributed by atoms with Crippen molar-refractivity contribution in [3.8, 4) is 0 Å². The molecular formula is C12H15F2NO2S. The molecule has 1 aliphatic rings. The van der Waals surface area contributed by atoms with Crippen LogP contribution in [0.15, 0.2) is 23.1 Å². The first-order chi connectivity index (χ1) is 8.46. The smallest absolute Gasteiger partial charge is 0.185 e. The minimum absolute atomic E-state index is 0.197. The molecular weight excluding hydrogens is 260 g/mol. The third-order valence-corrected chi connectivity index (χ3v) is 5.71. The summed E-state index contributed by atoms with van der Waals surface area (Å²) in [5, 5.41) is 2.25. The first-order valence-electron chi connectivity index (χ1n) is 5.83. The van der Waals surface area contributed by atoms with Gasteiger partial charge in [-0.3, -0.25) is 0 Å². The summed E-state index contributed by atoms with van der Waals surface area (Å²) in [7, 11) is -2.15. The van der Waals surface area contributed by atoms with E-state index in [1.54, 1.807) is 7.05 Å². The van der Waals surface area contributed by atoms with Gasteiger partial charge in [0.15, 0.2) is 9.84 Å². The molecule has 1 fully saturated rings. The first kappa shape index (κ1) is 13.4. The summed E-state index contributed by atoms with van der Waals surface area (Å²) in [5.41, 5.74) is 0. The average Bonchev–Trinajstić information content (AvgIpc) is 2.81. The molecule has 0 bridgehead atoms. The van der Waals surface area contributed by atoms with Crippen molar-refractivity contribution in [3.05, 3.63) is 29.8 Å². The van der Waals surface area contributed by atoms with Gasteiger partial charge in [0.1, 0.15) is 16.5 Å². The van der Waals surface area contributed by atoms with Crippen molar-refractivity contribution in [2.24, 2.45) is 0 Å². The molecule has 0 aliphatic heterocycles. The second-order valence-electron chi connectivity index (χ2n) is 4.48. The molecule has 18 heavy (non-hydrogen) atoms. The van der Waals surface area contributed by atoms with Crippen molar-refractivity contribution in [1.82, 2.24) is 5.32 Å². The van der Waals surface area contributed by atoms with Crippen molar-refractivity contribution < 1.29 is 17.2 Å². The van der Waals surface area contributed by atoms with Gasteiger partial charge in [0, 0.05) is 6.04 Å². The van der Waals surface area contributed by atoms with Crippen LogP contribution in [0, 0.1) is 11.6 Å². The highest BCUT2D eigenvalue weighted by molar-refractivity contribution is 7.92. The highest BCUT2D eigenvalue weighted by atomic mass is 32.2. The third kappa shape index (κ3) is 2.27. The van der Waals surface area contributed by atoms with Crippen LogP contribution in [0.25, 0.3) is 0 Å². The zero-order valence-corrected chi connectivity index (χ0v) is 10.8. The number of hydrogen-bond donors (Lipinski definition) is 1. The van der Waals surface area contributed by atoms with Crippen LogP contribution in [0.2, 0.25) is 0 Å². The molecule has 3 nitrogen and oxygen atoms in total. The lowest BCUT2D eigenvalue weighted by Gasteiger charge is -2.19. The highest BCUT2D eigenvalue weighted by Crippen LogP contribution is 2.31. The molecule has 0 amide bonds. The molecule has 1 aromatic rings. The fraction of sp³-hybridized carbons (Fsp3) is 0.500. The number of sulfone groups is 1. The van der Waals surface area contributed by atoms with Crippen molar-refractivity contribution in [2.75, 3.05) is 7.05 Å². The molecule has 0 heterocycles. The van der Waals surface area contributed by atoms with Crippen molar-refractivity contribution in [3.63, 3.8) is 0 Å². The SMILES string of the molecule is CNC1CCCC1S(=O)(=O)c1cc(F)ccc1F. The number of rotatable bonds is 3. The molecule has 1 aliphatic carbocycles. The maximum Gasteiger partial charge on any atom is 0.185 e. The monoisotopic (exact) mass is 275 g/mol. The van der Waals surface area contributed by atoms with Crippen molar-refractivity contribution in [2.45, 2.75) is 35.4 Å². The Labute approximate surface area is 105 Å². The van der Waals surface area contributed by atoms with Gasteiger partial charge in [0.25, 0.3) is 0 Å². The molecule has 100 valence electrons. The van der Waals surface area contributed by atoms with Gasteiger partial charge in [-0.25, -0.2) is 17.2 Å². The lowest BCUT2D eigenvalue weighted by molar-refractivity contribution is 0.522. The second kappa shape index (κ2) is 4.93. The molecule has 0 radical (unpaired) electrons. The Bertz CT molecular complexity index is 545. The quantitative estimate of drug-likeness (QED) is 0.916. The molecule has 1 saturated carbocycles. The first-order valence-corrected chi connectivity index (χ1v) is 7.37. The van der Waals surface area contributed by atoms with Gasteiger partial charge in [-0.05, 0) is 38.1 Å². The third-order valence-electron chi connectivity index (χ3n) is 3.42. The van der Waals surface area contributed by atoms with Gasteiger partial charge in [-0.1, -0.05) is 6.42 Å². The fourth-order valence-corrected chi connectivity index (χ4v) is 4.61. The number of benzene rings is 1. The summed E-state index contributed by atoms with van der Waals surface area (Å²) in [6, 6.07) is 2.33. The number of nitrogens with one attached hydrogen (secondary N) is 1. The van der Waals surface area contributed by atoms with E-state index in [-0.39, 0.29) is 6.04 Å². The van der Waals surface area contributed by atoms with Crippen LogP contribution >= 0.6 is 0 Å². The lowest BCUT2D eigenvalue weighted by atomic mass is 10.2. The molecule has 1 N–H and O–H groups in total. The van der Waals surface area contributed by atoms with Gasteiger partial charge in [-0.2, -0.15) is 0 Å². The Hall–Kier alpha value is -1.01. The standard InChI is InChI=1S/C12H15F2NO2S/c1-15-10-3-2-4-11(10)18(16,17)12-7-8(13)5-6-9(12)14/h5-7,10-11,15H,2-4H2,1H3. The topological polar surface area (TPSA) is 46.2 Å². The predicted molar refractivity (Wildman–Crippen MR) is 64.0 cm³/mol. The van der Waals surface area contributed by atoms with Gasteiger partial charge < -0.3 is 5.32 Å². The minimum atomic E-state index is -3.83. The van der Waals surface area contributed by atoms with Crippen LogP contribution in [0.5, 0.6) is 0 Å². The fourth-order valence-electron chi connectivity index (χ4n) is 2.49. The Morgan fingerprint density at radius 1 is 1.28 bits per heavy atom. The van der Waals surface area contributed by atoms with E-state index in [9.17, 15) is 17.2 Å². The Balaban J connectivity index is 2.45. The summed E-state index contributed by atoms with van der Waals surface area (Å²) in [6.45, 7) is 0. The number of hydrogen-bond acceptors (Lipinski definition) is 3. The maximum absolute atomic E-state index is 13.6. The van der Waals surface area contributed by atoms with Crippen LogP contribution in [0.1, 0.15) is 19.3 Å². The molecule has 2 rings (SSSR count). The summed E-state index contributed by atoms with van der Waals surface area (Å²) in [5.74, 6) is -1.63. The zero-order valence-electron chi connectivity index (χ0n) is 9.99. The normalized spacial score (nSPS) is 24.4. The van der Waals surface area contributed by atoms with E-state index in [0.717, 1.165) is 31.0 Å². The molecule has 0 saturated heterocycles. The molecule has 6 heteroatoms. The average molecular weight is 275 g/mol. The molecule has 2 unspecified atom stereocenters. The lowest BCUT2D eigenvalue weighted by Crippen LogP contribution is -2.38. The van der Waals surface area contributed by atoms with E-state index in [4.69, 9.17) is 0 Å². The summed E-state index contributed by atoms with van der Waals surface area (Å²) < 4.78 is 51.3. The molecule has 0 aromatic heterocycles. The number of halogens is 2. The zero-order chi connectivity index (χ0) is 13.3. The minimum Gasteiger partial charge on any atom is -0.316 e. The van der Waals surface area contributed by atoms with E-state index >= 15 is 0 Å². The molecule has 1 aromatic carbocycles. The van der Waals surface area contributed by atoms with Gasteiger partial charge in [0.2, 0.25) is 0 Å². The molecule has 2 atom stereocenters. The van der Waals surface area contributed by atoms with Crippen LogP contribution in [-0.4, -0.2) is 26.8 Å². The van der Waals surface area contributed by atoms with Gasteiger partial charge in [-0.15, -0.1) is 0 Å². The Kier molecular flexibility index (Phi) is 3.68. The van der Waals surface area contributed by atoms with Gasteiger partial charge in [0.05, 0.1) is 5.25 Å². The largest absolute Gasteiger partial charge is 0.316 e. The molecule has 0 spiro atoms. The predicted octanol–water partition coefficient (Wildman–Crippen LogP) is 1.88. The highest BCUT2D eigenvalue weighted by Gasteiger charge is 2.38. The second-order valence-corrected chi connectivity index (χ2v) is 6.62. The van der Waals surface area contributed by atoms with Crippen LogP contribution in [-0.2, 0) is 9.84 Å². The van der Waals surface area contributed by atoms with Crippen LogP contribution in [0.4, 0.5) is 8.78 Å². The van der Waals surface area contributed by atoms with E-state index in [1.807, 2.05) is 0 Å². The Morgan fingerprint density at radius 2 is 2.00 bits per heavy atom. The Morgan fingerprint density at radius 3 is 2.67 bits per heavy atom.